The Bertz CT molecular complexity index is 1090. The zero-order valence-corrected chi connectivity index (χ0v) is 15.1. The van der Waals surface area contributed by atoms with Crippen molar-refractivity contribution in [3.63, 3.8) is 0 Å². The first-order valence-corrected chi connectivity index (χ1v) is 8.65. The van der Waals surface area contributed by atoms with Crippen LogP contribution in [0, 0.1) is 6.92 Å². The zero-order chi connectivity index (χ0) is 19.3. The molecule has 0 aliphatic rings. The largest absolute Gasteiger partial charge is 0.484 e. The maximum absolute atomic E-state index is 12.3. The molecule has 0 spiro atoms. The van der Waals surface area contributed by atoms with Gasteiger partial charge in [-0.15, -0.1) is 0 Å². The number of nitrogens with one attached hydrogen (secondary N) is 1. The standard InChI is InChI=1S/C21H17N3O4/c1-14-6-4-7-15(12-14)27-13-19(25)22-17-9-3-2-8-16(17)21-23-20(24-28-21)18-10-5-11-26-18/h2-12H,13H2,1H3,(H,22,25). The lowest BCUT2D eigenvalue weighted by Gasteiger charge is -2.10. The minimum absolute atomic E-state index is 0.112. The summed E-state index contributed by atoms with van der Waals surface area (Å²) in [4.78, 5) is 16.7. The number of aromatic nitrogens is 2. The third kappa shape index (κ3) is 3.93. The molecule has 0 radical (unpaired) electrons. The smallest absolute Gasteiger partial charge is 0.262 e. The quantitative estimate of drug-likeness (QED) is 0.540. The lowest BCUT2D eigenvalue weighted by molar-refractivity contribution is -0.118. The van der Waals surface area contributed by atoms with Crippen LogP contribution in [0.5, 0.6) is 5.75 Å². The Morgan fingerprint density at radius 3 is 2.82 bits per heavy atom. The maximum Gasteiger partial charge on any atom is 0.262 e. The van der Waals surface area contributed by atoms with E-state index in [1.807, 2.05) is 43.3 Å². The maximum atomic E-state index is 12.3. The van der Waals surface area contributed by atoms with Crippen molar-refractivity contribution in [1.29, 1.82) is 0 Å². The van der Waals surface area contributed by atoms with Crippen molar-refractivity contribution < 1.29 is 18.5 Å². The van der Waals surface area contributed by atoms with Crippen LogP contribution in [0.3, 0.4) is 0 Å². The first-order chi connectivity index (χ1) is 13.7. The van der Waals surface area contributed by atoms with Crippen molar-refractivity contribution in [3.05, 3.63) is 72.5 Å². The van der Waals surface area contributed by atoms with Gasteiger partial charge < -0.3 is 19.0 Å². The first-order valence-electron chi connectivity index (χ1n) is 8.65. The number of para-hydroxylation sites is 1. The Labute approximate surface area is 161 Å². The van der Waals surface area contributed by atoms with Crippen molar-refractivity contribution >= 4 is 11.6 Å². The number of benzene rings is 2. The summed E-state index contributed by atoms with van der Waals surface area (Å²) in [7, 11) is 0. The highest BCUT2D eigenvalue weighted by atomic mass is 16.5. The SMILES string of the molecule is Cc1cccc(OCC(=O)Nc2ccccc2-c2nc(-c3ccco3)no2)c1. The summed E-state index contributed by atoms with van der Waals surface area (Å²) in [5.41, 5.74) is 2.22. The van der Waals surface area contributed by atoms with Crippen LogP contribution in [0.25, 0.3) is 23.0 Å². The minimum Gasteiger partial charge on any atom is -0.484 e. The van der Waals surface area contributed by atoms with Crippen LogP contribution >= 0.6 is 0 Å². The van der Waals surface area contributed by atoms with Gasteiger partial charge in [-0.05, 0) is 48.9 Å². The average molecular weight is 375 g/mol. The molecule has 0 atom stereocenters. The van der Waals surface area contributed by atoms with Crippen molar-refractivity contribution in [3.8, 4) is 28.8 Å². The van der Waals surface area contributed by atoms with Crippen LogP contribution in [0.15, 0.2) is 75.9 Å². The molecule has 1 amide bonds. The fourth-order valence-electron chi connectivity index (χ4n) is 2.66. The van der Waals surface area contributed by atoms with Crippen LogP contribution in [-0.4, -0.2) is 22.7 Å². The van der Waals surface area contributed by atoms with Crippen molar-refractivity contribution in [1.82, 2.24) is 10.1 Å². The van der Waals surface area contributed by atoms with E-state index < -0.39 is 0 Å². The summed E-state index contributed by atoms with van der Waals surface area (Å²) in [5, 5.41) is 6.75. The molecule has 0 saturated heterocycles. The van der Waals surface area contributed by atoms with E-state index in [4.69, 9.17) is 13.7 Å². The lowest BCUT2D eigenvalue weighted by Crippen LogP contribution is -2.20. The summed E-state index contributed by atoms with van der Waals surface area (Å²) < 4.78 is 16.2. The van der Waals surface area contributed by atoms with E-state index in [2.05, 4.69) is 15.5 Å². The fourth-order valence-corrected chi connectivity index (χ4v) is 2.66. The van der Waals surface area contributed by atoms with Crippen molar-refractivity contribution in [2.75, 3.05) is 11.9 Å². The molecule has 1 N–H and O–H groups in total. The summed E-state index contributed by atoms with van der Waals surface area (Å²) >= 11 is 0. The molecule has 0 fully saturated rings. The van der Waals surface area contributed by atoms with Gasteiger partial charge in [0.15, 0.2) is 12.4 Å². The summed E-state index contributed by atoms with van der Waals surface area (Å²) in [6, 6.07) is 18.2. The van der Waals surface area contributed by atoms with Crippen LogP contribution in [0.4, 0.5) is 5.69 Å². The van der Waals surface area contributed by atoms with Crippen LogP contribution in [-0.2, 0) is 4.79 Å². The number of carbonyl (C=O) groups excluding carboxylic acids is 1. The van der Waals surface area contributed by atoms with E-state index in [0.717, 1.165) is 5.56 Å². The fraction of sp³-hybridized carbons (Fsp3) is 0.0952. The lowest BCUT2D eigenvalue weighted by atomic mass is 10.1. The van der Waals surface area contributed by atoms with E-state index in [-0.39, 0.29) is 18.4 Å². The second-order valence-corrected chi connectivity index (χ2v) is 6.10. The summed E-state index contributed by atoms with van der Waals surface area (Å²) in [5.74, 6) is 1.47. The predicted octanol–water partition coefficient (Wildman–Crippen LogP) is 4.32. The van der Waals surface area contributed by atoms with E-state index in [1.165, 1.54) is 6.26 Å². The number of hydrogen-bond acceptors (Lipinski definition) is 6. The van der Waals surface area contributed by atoms with Gasteiger partial charge in [-0.2, -0.15) is 4.98 Å². The zero-order valence-electron chi connectivity index (χ0n) is 15.1. The Balaban J connectivity index is 1.48. The van der Waals surface area contributed by atoms with E-state index in [1.54, 1.807) is 24.3 Å². The number of furan rings is 1. The highest BCUT2D eigenvalue weighted by molar-refractivity contribution is 5.95. The third-order valence-corrected chi connectivity index (χ3v) is 3.96. The van der Waals surface area contributed by atoms with Gasteiger partial charge >= 0.3 is 0 Å². The minimum atomic E-state index is -0.292. The number of ether oxygens (including phenoxy) is 1. The average Bonchev–Trinajstić information content (AvgIpc) is 3.39. The van der Waals surface area contributed by atoms with Gasteiger partial charge in [-0.3, -0.25) is 4.79 Å². The second kappa shape index (κ2) is 7.79. The second-order valence-electron chi connectivity index (χ2n) is 6.10. The van der Waals surface area contributed by atoms with Crippen LogP contribution < -0.4 is 10.1 Å². The highest BCUT2D eigenvalue weighted by Crippen LogP contribution is 2.28. The molecule has 2 aromatic carbocycles. The molecular weight excluding hydrogens is 358 g/mol. The van der Waals surface area contributed by atoms with Gasteiger partial charge in [0.25, 0.3) is 11.8 Å². The molecule has 2 aromatic heterocycles. The Kier molecular flexibility index (Phi) is 4.88. The van der Waals surface area contributed by atoms with Gasteiger partial charge in [0, 0.05) is 0 Å². The number of rotatable bonds is 6. The molecule has 4 rings (SSSR count). The molecule has 140 valence electrons. The Hall–Kier alpha value is -3.87. The molecule has 7 heteroatoms. The number of aryl methyl sites for hydroxylation is 1. The first kappa shape index (κ1) is 17.5. The van der Waals surface area contributed by atoms with Crippen molar-refractivity contribution in [2.24, 2.45) is 0 Å². The Morgan fingerprint density at radius 2 is 2.00 bits per heavy atom. The molecule has 0 aliphatic carbocycles. The van der Waals surface area contributed by atoms with Gasteiger partial charge in [-0.1, -0.05) is 29.4 Å². The molecule has 7 nitrogen and oxygen atoms in total. The van der Waals surface area contributed by atoms with E-state index in [9.17, 15) is 4.79 Å². The Morgan fingerprint density at radius 1 is 1.11 bits per heavy atom. The molecular formula is C21H17N3O4. The normalized spacial score (nSPS) is 10.6. The summed E-state index contributed by atoms with van der Waals surface area (Å²) in [6.07, 6.45) is 1.54. The summed E-state index contributed by atoms with van der Waals surface area (Å²) in [6.45, 7) is 1.85. The monoisotopic (exact) mass is 375 g/mol. The molecule has 0 aliphatic heterocycles. The predicted molar refractivity (Wildman–Crippen MR) is 103 cm³/mol. The molecule has 0 saturated carbocycles. The molecule has 0 bridgehead atoms. The number of amides is 1. The van der Waals surface area contributed by atoms with Gasteiger partial charge in [0.1, 0.15) is 5.75 Å². The topological polar surface area (TPSA) is 90.4 Å². The molecule has 0 unspecified atom stereocenters. The number of nitrogens with zero attached hydrogens (tertiary/aromatic N) is 2. The van der Waals surface area contributed by atoms with Gasteiger partial charge in [0.2, 0.25) is 5.82 Å². The van der Waals surface area contributed by atoms with Gasteiger partial charge in [-0.25, -0.2) is 0 Å². The van der Waals surface area contributed by atoms with Gasteiger partial charge in [0.05, 0.1) is 17.5 Å². The van der Waals surface area contributed by atoms with E-state index >= 15 is 0 Å². The van der Waals surface area contributed by atoms with Crippen LogP contribution in [0.2, 0.25) is 0 Å². The molecule has 28 heavy (non-hydrogen) atoms. The number of carbonyl (C=O) groups is 1. The highest BCUT2D eigenvalue weighted by Gasteiger charge is 2.16. The van der Waals surface area contributed by atoms with Crippen molar-refractivity contribution in [2.45, 2.75) is 6.92 Å². The number of anilines is 1. The molecule has 2 heterocycles. The van der Waals surface area contributed by atoms with Crippen LogP contribution in [0.1, 0.15) is 5.56 Å². The third-order valence-electron chi connectivity index (χ3n) is 3.96. The number of hydrogen-bond donors (Lipinski definition) is 1. The molecule has 4 aromatic rings. The van der Waals surface area contributed by atoms with E-state index in [0.29, 0.717) is 28.6 Å².